The molecular formula is C10H15N3O. The van der Waals surface area contributed by atoms with Crippen LogP contribution in [0, 0.1) is 0 Å². The quantitative estimate of drug-likeness (QED) is 0.697. The zero-order chi connectivity index (χ0) is 9.38. The fourth-order valence-corrected chi connectivity index (χ4v) is 2.37. The molecule has 0 spiro atoms. The van der Waals surface area contributed by atoms with Crippen molar-refractivity contribution in [3.63, 3.8) is 0 Å². The summed E-state index contributed by atoms with van der Waals surface area (Å²) >= 11 is 0. The number of rotatable bonds is 1. The van der Waals surface area contributed by atoms with Gasteiger partial charge < -0.3 is 10.1 Å². The fraction of sp³-hybridized carbons (Fsp3) is 0.700. The van der Waals surface area contributed by atoms with E-state index in [1.807, 2.05) is 0 Å². The second-order valence-corrected chi connectivity index (χ2v) is 4.08. The minimum Gasteiger partial charge on any atom is -0.381 e. The number of H-pyrrole nitrogens is 1. The van der Waals surface area contributed by atoms with E-state index in [2.05, 4.69) is 15.5 Å². The Hall–Kier alpha value is -0.870. The lowest BCUT2D eigenvalue weighted by Gasteiger charge is -2.21. The highest BCUT2D eigenvalue weighted by Crippen LogP contribution is 2.29. The van der Waals surface area contributed by atoms with Crippen LogP contribution in [-0.2, 0) is 17.8 Å². The standard InChI is InChI=1S/C10H15N3O/c1-2-7(6-14-3-1)10-8-4-11-5-9(8)12-13-10/h7,11H,1-6H2,(H,12,13). The lowest BCUT2D eigenvalue weighted by atomic mass is 9.95. The van der Waals surface area contributed by atoms with Gasteiger partial charge in [0.25, 0.3) is 0 Å². The third-order valence-electron chi connectivity index (χ3n) is 3.14. The van der Waals surface area contributed by atoms with Crippen molar-refractivity contribution in [1.82, 2.24) is 15.5 Å². The Bertz CT molecular complexity index is 328. The molecule has 1 aromatic heterocycles. The summed E-state index contributed by atoms with van der Waals surface area (Å²) < 4.78 is 5.49. The van der Waals surface area contributed by atoms with E-state index in [1.54, 1.807) is 0 Å². The maximum absolute atomic E-state index is 5.49. The normalized spacial score (nSPS) is 26.4. The molecule has 1 atom stereocenters. The summed E-state index contributed by atoms with van der Waals surface area (Å²) in [7, 11) is 0. The van der Waals surface area contributed by atoms with Crippen LogP contribution in [0.1, 0.15) is 35.7 Å². The second kappa shape index (κ2) is 3.37. The van der Waals surface area contributed by atoms with Crippen LogP contribution in [0.15, 0.2) is 0 Å². The van der Waals surface area contributed by atoms with E-state index in [4.69, 9.17) is 4.74 Å². The van der Waals surface area contributed by atoms with E-state index in [9.17, 15) is 0 Å². The minimum atomic E-state index is 0.517. The molecule has 0 radical (unpaired) electrons. The van der Waals surface area contributed by atoms with Gasteiger partial charge in [-0.25, -0.2) is 0 Å². The molecule has 1 saturated heterocycles. The highest BCUT2D eigenvalue weighted by molar-refractivity contribution is 5.31. The Morgan fingerprint density at radius 1 is 1.36 bits per heavy atom. The predicted molar refractivity (Wildman–Crippen MR) is 51.9 cm³/mol. The number of aromatic nitrogens is 2. The molecule has 0 amide bonds. The molecular weight excluding hydrogens is 178 g/mol. The number of hydrogen-bond acceptors (Lipinski definition) is 3. The van der Waals surface area contributed by atoms with Crippen molar-refractivity contribution in [2.45, 2.75) is 31.8 Å². The Labute approximate surface area is 83.0 Å². The lowest BCUT2D eigenvalue weighted by Crippen LogP contribution is -2.17. The van der Waals surface area contributed by atoms with Crippen molar-refractivity contribution >= 4 is 0 Å². The third kappa shape index (κ3) is 1.26. The van der Waals surface area contributed by atoms with Gasteiger partial charge in [-0.05, 0) is 12.8 Å². The van der Waals surface area contributed by atoms with Crippen molar-refractivity contribution in [2.24, 2.45) is 0 Å². The van der Waals surface area contributed by atoms with Gasteiger partial charge in [0.15, 0.2) is 0 Å². The summed E-state index contributed by atoms with van der Waals surface area (Å²) in [6.45, 7) is 3.67. The molecule has 0 saturated carbocycles. The SMILES string of the molecule is C1COCC(c2n[nH]c3c2CNC3)C1. The molecule has 4 heteroatoms. The van der Waals surface area contributed by atoms with Gasteiger partial charge in [0.1, 0.15) is 0 Å². The molecule has 1 aromatic rings. The molecule has 3 heterocycles. The van der Waals surface area contributed by atoms with Gasteiger partial charge in [-0.1, -0.05) is 0 Å². The molecule has 0 aromatic carbocycles. The van der Waals surface area contributed by atoms with E-state index in [0.717, 1.165) is 26.3 Å². The number of nitrogens with zero attached hydrogens (tertiary/aromatic N) is 1. The largest absolute Gasteiger partial charge is 0.381 e. The summed E-state index contributed by atoms with van der Waals surface area (Å²) in [5, 5.41) is 10.9. The summed E-state index contributed by atoms with van der Waals surface area (Å²) in [4.78, 5) is 0. The van der Waals surface area contributed by atoms with Gasteiger partial charge in [-0.15, -0.1) is 0 Å². The van der Waals surface area contributed by atoms with E-state index in [0.29, 0.717) is 5.92 Å². The highest BCUT2D eigenvalue weighted by atomic mass is 16.5. The Morgan fingerprint density at radius 2 is 2.36 bits per heavy atom. The topological polar surface area (TPSA) is 49.9 Å². The molecule has 0 bridgehead atoms. The van der Waals surface area contributed by atoms with Crippen LogP contribution in [-0.4, -0.2) is 23.4 Å². The van der Waals surface area contributed by atoms with Gasteiger partial charge in [-0.3, -0.25) is 5.10 Å². The minimum absolute atomic E-state index is 0.517. The van der Waals surface area contributed by atoms with Crippen molar-refractivity contribution in [3.05, 3.63) is 17.0 Å². The second-order valence-electron chi connectivity index (χ2n) is 4.08. The van der Waals surface area contributed by atoms with E-state index in [-0.39, 0.29) is 0 Å². The molecule has 4 nitrogen and oxygen atoms in total. The predicted octanol–water partition coefficient (Wildman–Crippen LogP) is 0.907. The van der Waals surface area contributed by atoms with Gasteiger partial charge in [0.2, 0.25) is 0 Å². The van der Waals surface area contributed by atoms with Crippen LogP contribution in [0.4, 0.5) is 0 Å². The number of aromatic amines is 1. The van der Waals surface area contributed by atoms with Crippen molar-refractivity contribution in [2.75, 3.05) is 13.2 Å². The summed E-state index contributed by atoms with van der Waals surface area (Å²) in [6.07, 6.45) is 2.39. The Balaban J connectivity index is 1.88. The highest BCUT2D eigenvalue weighted by Gasteiger charge is 2.25. The van der Waals surface area contributed by atoms with Crippen LogP contribution in [0.2, 0.25) is 0 Å². The van der Waals surface area contributed by atoms with Gasteiger partial charge in [-0.2, -0.15) is 5.10 Å². The Morgan fingerprint density at radius 3 is 3.21 bits per heavy atom. The first kappa shape index (κ1) is 8.44. The average Bonchev–Trinajstić information content (AvgIpc) is 2.79. The summed E-state index contributed by atoms with van der Waals surface area (Å²) in [5.41, 5.74) is 3.90. The summed E-state index contributed by atoms with van der Waals surface area (Å²) in [6, 6.07) is 0. The Kier molecular flexibility index (Phi) is 2.03. The van der Waals surface area contributed by atoms with Gasteiger partial charge in [0, 0.05) is 31.2 Å². The molecule has 1 unspecified atom stereocenters. The van der Waals surface area contributed by atoms with Crippen molar-refractivity contribution in [3.8, 4) is 0 Å². The maximum Gasteiger partial charge on any atom is 0.0724 e. The molecule has 2 aliphatic rings. The number of fused-ring (bicyclic) bond motifs is 1. The number of ether oxygens (including phenoxy) is 1. The summed E-state index contributed by atoms with van der Waals surface area (Å²) in [5.74, 6) is 0.517. The molecule has 0 aliphatic carbocycles. The van der Waals surface area contributed by atoms with Crippen LogP contribution >= 0.6 is 0 Å². The van der Waals surface area contributed by atoms with Crippen LogP contribution in [0.25, 0.3) is 0 Å². The maximum atomic E-state index is 5.49. The molecule has 2 N–H and O–H groups in total. The van der Waals surface area contributed by atoms with Crippen molar-refractivity contribution < 1.29 is 4.74 Å². The van der Waals surface area contributed by atoms with Gasteiger partial charge >= 0.3 is 0 Å². The van der Waals surface area contributed by atoms with Crippen LogP contribution < -0.4 is 5.32 Å². The first-order chi connectivity index (χ1) is 6.95. The molecule has 14 heavy (non-hydrogen) atoms. The monoisotopic (exact) mass is 193 g/mol. The van der Waals surface area contributed by atoms with Crippen LogP contribution in [0.5, 0.6) is 0 Å². The smallest absolute Gasteiger partial charge is 0.0724 e. The molecule has 76 valence electrons. The van der Waals surface area contributed by atoms with Crippen molar-refractivity contribution in [1.29, 1.82) is 0 Å². The molecule has 3 rings (SSSR count). The first-order valence-corrected chi connectivity index (χ1v) is 5.29. The lowest BCUT2D eigenvalue weighted by molar-refractivity contribution is 0.0790. The number of nitrogens with one attached hydrogen (secondary N) is 2. The van der Waals surface area contributed by atoms with E-state index < -0.39 is 0 Å². The first-order valence-electron chi connectivity index (χ1n) is 5.29. The zero-order valence-electron chi connectivity index (χ0n) is 8.18. The number of hydrogen-bond donors (Lipinski definition) is 2. The fourth-order valence-electron chi connectivity index (χ4n) is 2.37. The van der Waals surface area contributed by atoms with E-state index >= 15 is 0 Å². The van der Waals surface area contributed by atoms with Crippen LogP contribution in [0.3, 0.4) is 0 Å². The molecule has 1 fully saturated rings. The third-order valence-corrected chi connectivity index (χ3v) is 3.14. The zero-order valence-corrected chi connectivity index (χ0v) is 8.18. The average molecular weight is 193 g/mol. The van der Waals surface area contributed by atoms with Gasteiger partial charge in [0.05, 0.1) is 18.0 Å². The molecule has 2 aliphatic heterocycles. The van der Waals surface area contributed by atoms with E-state index in [1.165, 1.54) is 29.8 Å².